The summed E-state index contributed by atoms with van der Waals surface area (Å²) in [5.74, 6) is -0.267. The molecule has 3 rings (SSSR count). The fourth-order valence-electron chi connectivity index (χ4n) is 3.19. The van der Waals surface area contributed by atoms with Crippen molar-refractivity contribution in [3.05, 3.63) is 58.1 Å². The summed E-state index contributed by atoms with van der Waals surface area (Å²) in [7, 11) is 0. The van der Waals surface area contributed by atoms with Crippen molar-refractivity contribution in [2.24, 2.45) is 4.99 Å². The second-order valence-corrected chi connectivity index (χ2v) is 8.64. The van der Waals surface area contributed by atoms with E-state index in [-0.39, 0.29) is 18.2 Å². The molecule has 0 spiro atoms. The van der Waals surface area contributed by atoms with Crippen LogP contribution in [-0.4, -0.2) is 33.7 Å². The number of amides is 2. The second kappa shape index (κ2) is 9.01. The Hall–Kier alpha value is -2.31. The first-order valence-electron chi connectivity index (χ1n) is 9.49. The van der Waals surface area contributed by atoms with Crippen molar-refractivity contribution in [1.29, 1.82) is 0 Å². The SMILES string of the molecule is CCN1C(=O)[C@H](CC(=O)Nc2c(C)cccc2C)SC1=Nc1cc(Cl)ccc1C. The number of carbonyl (C=O) groups is 2. The van der Waals surface area contributed by atoms with Gasteiger partial charge in [0.15, 0.2) is 5.17 Å². The van der Waals surface area contributed by atoms with Crippen molar-refractivity contribution in [2.75, 3.05) is 11.9 Å². The van der Waals surface area contributed by atoms with Crippen molar-refractivity contribution in [3.8, 4) is 0 Å². The summed E-state index contributed by atoms with van der Waals surface area (Å²) in [4.78, 5) is 31.7. The molecule has 2 aromatic rings. The zero-order chi connectivity index (χ0) is 21.1. The van der Waals surface area contributed by atoms with Crippen LogP contribution < -0.4 is 5.32 Å². The topological polar surface area (TPSA) is 61.8 Å². The number of benzene rings is 2. The number of hydrogen-bond donors (Lipinski definition) is 1. The lowest BCUT2D eigenvalue weighted by Crippen LogP contribution is -2.33. The van der Waals surface area contributed by atoms with Crippen LogP contribution in [0.1, 0.15) is 30.0 Å². The Balaban J connectivity index is 1.77. The average molecular weight is 430 g/mol. The van der Waals surface area contributed by atoms with Gasteiger partial charge in [0, 0.05) is 23.7 Å². The Bertz CT molecular complexity index is 970. The van der Waals surface area contributed by atoms with Crippen LogP contribution in [0.2, 0.25) is 5.02 Å². The minimum atomic E-state index is -0.488. The van der Waals surface area contributed by atoms with Gasteiger partial charge in [-0.15, -0.1) is 0 Å². The van der Waals surface area contributed by atoms with Gasteiger partial charge in [-0.05, 0) is 56.5 Å². The fraction of sp³-hybridized carbons (Fsp3) is 0.318. The number of nitrogens with one attached hydrogen (secondary N) is 1. The van der Waals surface area contributed by atoms with Gasteiger partial charge in [-0.25, -0.2) is 4.99 Å². The first-order chi connectivity index (χ1) is 13.8. The number of aryl methyl sites for hydroxylation is 3. The number of para-hydroxylation sites is 1. The number of rotatable bonds is 5. The van der Waals surface area contributed by atoms with Gasteiger partial charge in [-0.1, -0.05) is 47.6 Å². The number of hydrogen-bond acceptors (Lipinski definition) is 4. The largest absolute Gasteiger partial charge is 0.326 e. The molecule has 0 radical (unpaired) electrons. The minimum Gasteiger partial charge on any atom is -0.326 e. The van der Waals surface area contributed by atoms with Crippen LogP contribution in [0.3, 0.4) is 0 Å². The summed E-state index contributed by atoms with van der Waals surface area (Å²) >= 11 is 7.42. The van der Waals surface area contributed by atoms with Gasteiger partial charge in [-0.2, -0.15) is 0 Å². The van der Waals surface area contributed by atoms with Crippen molar-refractivity contribution in [1.82, 2.24) is 4.90 Å². The van der Waals surface area contributed by atoms with E-state index in [1.54, 1.807) is 11.0 Å². The molecule has 1 atom stereocenters. The summed E-state index contributed by atoms with van der Waals surface area (Å²) < 4.78 is 0. The molecule has 1 aliphatic rings. The molecule has 0 saturated carbocycles. The summed E-state index contributed by atoms with van der Waals surface area (Å²) in [6.07, 6.45) is 0.0985. The van der Waals surface area contributed by atoms with Gasteiger partial charge in [0.1, 0.15) is 5.25 Å². The van der Waals surface area contributed by atoms with Crippen molar-refractivity contribution in [3.63, 3.8) is 0 Å². The highest BCUT2D eigenvalue weighted by atomic mass is 35.5. The Labute approximate surface area is 180 Å². The van der Waals surface area contributed by atoms with E-state index < -0.39 is 5.25 Å². The summed E-state index contributed by atoms with van der Waals surface area (Å²) in [6, 6.07) is 11.4. The lowest BCUT2D eigenvalue weighted by Gasteiger charge is -2.14. The molecule has 7 heteroatoms. The van der Waals surface area contributed by atoms with Gasteiger partial charge in [0.2, 0.25) is 11.8 Å². The third-order valence-electron chi connectivity index (χ3n) is 4.84. The summed E-state index contributed by atoms with van der Waals surface area (Å²) in [5.41, 5.74) is 4.51. The van der Waals surface area contributed by atoms with E-state index in [0.717, 1.165) is 28.1 Å². The molecule has 1 aliphatic heterocycles. The van der Waals surface area contributed by atoms with Crippen LogP contribution in [0.15, 0.2) is 41.4 Å². The molecule has 0 bridgehead atoms. The van der Waals surface area contributed by atoms with Crippen LogP contribution >= 0.6 is 23.4 Å². The molecule has 2 aromatic carbocycles. The Morgan fingerprint density at radius 3 is 2.52 bits per heavy atom. The van der Waals surface area contributed by atoms with Crippen molar-refractivity contribution < 1.29 is 9.59 Å². The lowest BCUT2D eigenvalue weighted by molar-refractivity contribution is -0.128. The number of nitrogens with zero attached hydrogens (tertiary/aromatic N) is 2. The average Bonchev–Trinajstić information content (AvgIpc) is 2.95. The van der Waals surface area contributed by atoms with Crippen LogP contribution in [0.25, 0.3) is 0 Å². The highest BCUT2D eigenvalue weighted by Gasteiger charge is 2.38. The van der Waals surface area contributed by atoms with Gasteiger partial charge < -0.3 is 5.32 Å². The number of anilines is 1. The predicted octanol–water partition coefficient (Wildman–Crippen LogP) is 5.25. The third-order valence-corrected chi connectivity index (χ3v) is 6.25. The zero-order valence-corrected chi connectivity index (χ0v) is 18.5. The number of thioether (sulfide) groups is 1. The van der Waals surface area contributed by atoms with Crippen LogP contribution in [-0.2, 0) is 9.59 Å². The molecule has 1 saturated heterocycles. The normalized spacial score (nSPS) is 17.8. The lowest BCUT2D eigenvalue weighted by atomic mass is 10.1. The molecular formula is C22H24ClN3O2S. The van der Waals surface area contributed by atoms with Gasteiger partial charge in [0.05, 0.1) is 5.69 Å². The van der Waals surface area contributed by atoms with Gasteiger partial charge >= 0.3 is 0 Å². The molecule has 0 aliphatic carbocycles. The minimum absolute atomic E-state index is 0.0902. The van der Waals surface area contributed by atoms with E-state index >= 15 is 0 Å². The number of aliphatic imine (C=N–C) groups is 1. The maximum Gasteiger partial charge on any atom is 0.242 e. The van der Waals surface area contributed by atoms with Crippen LogP contribution in [0.5, 0.6) is 0 Å². The fourth-order valence-corrected chi connectivity index (χ4v) is 4.57. The zero-order valence-electron chi connectivity index (χ0n) is 17.0. The van der Waals surface area contributed by atoms with Crippen LogP contribution in [0.4, 0.5) is 11.4 Å². The maximum atomic E-state index is 12.8. The highest BCUT2D eigenvalue weighted by Crippen LogP contribution is 2.33. The number of amidine groups is 1. The molecule has 29 heavy (non-hydrogen) atoms. The van der Waals surface area contributed by atoms with Crippen molar-refractivity contribution in [2.45, 2.75) is 39.4 Å². The second-order valence-electron chi connectivity index (χ2n) is 7.03. The van der Waals surface area contributed by atoms with Crippen LogP contribution in [0, 0.1) is 20.8 Å². The molecule has 2 amide bonds. The predicted molar refractivity (Wildman–Crippen MR) is 121 cm³/mol. The van der Waals surface area contributed by atoms with Gasteiger partial charge in [-0.3, -0.25) is 14.5 Å². The molecule has 1 fully saturated rings. The molecule has 1 N–H and O–H groups in total. The third kappa shape index (κ3) is 4.82. The summed E-state index contributed by atoms with van der Waals surface area (Å²) in [6.45, 7) is 8.25. The molecule has 152 valence electrons. The molecule has 0 unspecified atom stereocenters. The quantitative estimate of drug-likeness (QED) is 0.706. The first kappa shape index (κ1) is 21.4. The Morgan fingerprint density at radius 1 is 1.17 bits per heavy atom. The molecule has 5 nitrogen and oxygen atoms in total. The van der Waals surface area contributed by atoms with E-state index in [1.165, 1.54) is 11.8 Å². The Morgan fingerprint density at radius 2 is 1.86 bits per heavy atom. The van der Waals surface area contributed by atoms with E-state index in [0.29, 0.717) is 16.7 Å². The Kier molecular flexibility index (Phi) is 6.65. The molecular weight excluding hydrogens is 406 g/mol. The smallest absolute Gasteiger partial charge is 0.242 e. The number of halogens is 1. The van der Waals surface area contributed by atoms with E-state index in [9.17, 15) is 9.59 Å². The monoisotopic (exact) mass is 429 g/mol. The van der Waals surface area contributed by atoms with E-state index in [2.05, 4.69) is 10.3 Å². The van der Waals surface area contributed by atoms with Gasteiger partial charge in [0.25, 0.3) is 0 Å². The summed E-state index contributed by atoms with van der Waals surface area (Å²) in [5, 5.41) is 3.67. The van der Waals surface area contributed by atoms with Crippen molar-refractivity contribution >= 4 is 51.7 Å². The van der Waals surface area contributed by atoms with E-state index in [4.69, 9.17) is 11.6 Å². The first-order valence-corrected chi connectivity index (χ1v) is 10.7. The molecule has 0 aromatic heterocycles. The standard InChI is InChI=1S/C22H24ClN3O2S/c1-5-26-21(28)18(12-19(27)25-20-14(3)7-6-8-15(20)4)29-22(26)24-17-11-16(23)10-9-13(17)2/h6-11,18H,5,12H2,1-4H3,(H,25,27)/t18-/m0/s1. The molecule has 1 heterocycles. The van der Waals surface area contributed by atoms with E-state index in [1.807, 2.05) is 58.0 Å². The number of carbonyl (C=O) groups excluding carboxylic acids is 2. The maximum absolute atomic E-state index is 12.8. The highest BCUT2D eigenvalue weighted by molar-refractivity contribution is 8.15.